The summed E-state index contributed by atoms with van der Waals surface area (Å²) in [6, 6.07) is 28.9. The summed E-state index contributed by atoms with van der Waals surface area (Å²) in [5.74, 6) is 0. The molecule has 1 aliphatic rings. The zero-order chi connectivity index (χ0) is 22.2. The third kappa shape index (κ3) is 6.21. The highest BCUT2D eigenvalue weighted by molar-refractivity contribution is 8.00. The molecule has 0 unspecified atom stereocenters. The first-order valence-corrected chi connectivity index (χ1v) is 11.8. The van der Waals surface area contributed by atoms with E-state index in [9.17, 15) is 0 Å². The van der Waals surface area contributed by atoms with Crippen molar-refractivity contribution in [3.63, 3.8) is 0 Å². The van der Waals surface area contributed by atoms with Crippen LogP contribution in [-0.4, -0.2) is 37.5 Å². The van der Waals surface area contributed by atoms with Gasteiger partial charge >= 0.3 is 0 Å². The normalized spacial score (nSPS) is 23.2. The van der Waals surface area contributed by atoms with Crippen molar-refractivity contribution < 1.29 is 18.9 Å². The highest BCUT2D eigenvalue weighted by Gasteiger charge is 2.43. The van der Waals surface area contributed by atoms with Crippen molar-refractivity contribution in [1.82, 2.24) is 0 Å². The van der Waals surface area contributed by atoms with Crippen LogP contribution >= 0.6 is 11.8 Å². The van der Waals surface area contributed by atoms with Crippen LogP contribution in [0.4, 0.5) is 0 Å². The summed E-state index contributed by atoms with van der Waals surface area (Å²) in [7, 11) is 1.69. The van der Waals surface area contributed by atoms with E-state index in [1.807, 2.05) is 36.4 Å². The number of hydrogen-bond donors (Lipinski definition) is 0. The number of methoxy groups -OCH3 is 1. The van der Waals surface area contributed by atoms with Gasteiger partial charge in [-0.25, -0.2) is 0 Å². The third-order valence-corrected chi connectivity index (χ3v) is 6.81. The zero-order valence-corrected chi connectivity index (χ0v) is 19.4. The van der Waals surface area contributed by atoms with E-state index in [2.05, 4.69) is 55.5 Å². The molecule has 4 atom stereocenters. The summed E-state index contributed by atoms with van der Waals surface area (Å²) in [6.07, 6.45) is -0.768. The van der Waals surface area contributed by atoms with Crippen molar-refractivity contribution in [2.45, 2.75) is 48.8 Å². The van der Waals surface area contributed by atoms with Crippen LogP contribution in [0.2, 0.25) is 0 Å². The Bertz CT molecular complexity index is 933. The molecular formula is C27H30O4S. The minimum absolute atomic E-state index is 0.0686. The lowest BCUT2D eigenvalue weighted by Gasteiger charge is -2.41. The lowest BCUT2D eigenvalue weighted by Crippen LogP contribution is -2.54. The van der Waals surface area contributed by atoms with E-state index in [1.165, 1.54) is 5.56 Å². The van der Waals surface area contributed by atoms with E-state index in [-0.39, 0.29) is 23.7 Å². The standard InChI is InChI=1S/C27H30O4S/c1-20-13-15-23(16-14-20)32-26-25(30-18-22-11-7-4-8-12-22)24(19-31-27(26)28-2)29-17-21-9-5-3-6-10-21/h3-16,24-27H,17-19H2,1-2H3/t24-,25-,26+,27-/m1/s1. The molecule has 0 aliphatic carbocycles. The highest BCUT2D eigenvalue weighted by atomic mass is 32.2. The lowest BCUT2D eigenvalue weighted by atomic mass is 10.1. The van der Waals surface area contributed by atoms with Gasteiger partial charge < -0.3 is 18.9 Å². The summed E-state index contributed by atoms with van der Waals surface area (Å²) in [6.45, 7) is 3.54. The Morgan fingerprint density at radius 3 is 2.00 bits per heavy atom. The number of thioether (sulfide) groups is 1. The molecule has 0 radical (unpaired) electrons. The molecule has 1 aliphatic heterocycles. The SMILES string of the molecule is CO[C@@H]1OC[C@@H](OCc2ccccc2)[C@@H](OCc2ccccc2)[C@@H]1Sc1ccc(C)cc1. The molecule has 0 aromatic heterocycles. The van der Waals surface area contributed by atoms with E-state index < -0.39 is 0 Å². The molecule has 1 fully saturated rings. The van der Waals surface area contributed by atoms with Crippen LogP contribution in [0.1, 0.15) is 16.7 Å². The van der Waals surface area contributed by atoms with Gasteiger partial charge in [-0.2, -0.15) is 0 Å². The van der Waals surface area contributed by atoms with Crippen molar-refractivity contribution in [2.24, 2.45) is 0 Å². The van der Waals surface area contributed by atoms with Gasteiger partial charge in [-0.05, 0) is 30.2 Å². The lowest BCUT2D eigenvalue weighted by molar-refractivity contribution is -0.225. The molecule has 4 rings (SSSR count). The first-order chi connectivity index (χ1) is 15.7. The average Bonchev–Trinajstić information content (AvgIpc) is 2.84. The first-order valence-electron chi connectivity index (χ1n) is 10.9. The van der Waals surface area contributed by atoms with Crippen LogP contribution in [0.3, 0.4) is 0 Å². The third-order valence-electron chi connectivity index (χ3n) is 5.50. The highest BCUT2D eigenvalue weighted by Crippen LogP contribution is 2.36. The number of rotatable bonds is 9. The quantitative estimate of drug-likeness (QED) is 0.422. The molecule has 1 saturated heterocycles. The molecule has 1 heterocycles. The summed E-state index contributed by atoms with van der Waals surface area (Å²) < 4.78 is 24.6. The maximum absolute atomic E-state index is 6.50. The summed E-state index contributed by atoms with van der Waals surface area (Å²) in [4.78, 5) is 1.16. The molecule has 3 aromatic carbocycles. The molecule has 5 heteroatoms. The largest absolute Gasteiger partial charge is 0.369 e. The van der Waals surface area contributed by atoms with Gasteiger partial charge in [0, 0.05) is 12.0 Å². The zero-order valence-electron chi connectivity index (χ0n) is 18.6. The maximum atomic E-state index is 6.50. The second kappa shape index (κ2) is 11.6. The van der Waals surface area contributed by atoms with Crippen molar-refractivity contribution in [3.05, 3.63) is 102 Å². The fraction of sp³-hybridized carbons (Fsp3) is 0.333. The van der Waals surface area contributed by atoms with E-state index in [0.29, 0.717) is 19.8 Å². The van der Waals surface area contributed by atoms with Crippen LogP contribution in [-0.2, 0) is 32.2 Å². The Kier molecular flexibility index (Phi) is 8.37. The minimum atomic E-state index is -0.376. The van der Waals surface area contributed by atoms with E-state index in [4.69, 9.17) is 18.9 Å². The number of ether oxygens (including phenoxy) is 4. The predicted molar refractivity (Wildman–Crippen MR) is 128 cm³/mol. The smallest absolute Gasteiger partial charge is 0.172 e. The van der Waals surface area contributed by atoms with E-state index in [0.717, 1.165) is 16.0 Å². The fourth-order valence-electron chi connectivity index (χ4n) is 3.73. The molecule has 0 amide bonds. The summed E-state index contributed by atoms with van der Waals surface area (Å²) in [5, 5.41) is -0.0686. The second-order valence-electron chi connectivity index (χ2n) is 7.93. The number of aryl methyl sites for hydroxylation is 1. The van der Waals surface area contributed by atoms with E-state index in [1.54, 1.807) is 18.9 Å². The summed E-state index contributed by atoms with van der Waals surface area (Å²) >= 11 is 1.72. The van der Waals surface area contributed by atoms with Gasteiger partial charge in [0.25, 0.3) is 0 Å². The Hall–Kier alpha value is -2.15. The van der Waals surface area contributed by atoms with E-state index >= 15 is 0 Å². The molecule has 4 nitrogen and oxygen atoms in total. The van der Waals surface area contributed by atoms with Gasteiger partial charge in [-0.15, -0.1) is 11.8 Å². The number of hydrogen-bond acceptors (Lipinski definition) is 5. The monoisotopic (exact) mass is 450 g/mol. The van der Waals surface area contributed by atoms with Gasteiger partial charge in [0.1, 0.15) is 12.2 Å². The Morgan fingerprint density at radius 2 is 1.41 bits per heavy atom. The van der Waals surface area contributed by atoms with Crippen molar-refractivity contribution >= 4 is 11.8 Å². The maximum Gasteiger partial charge on any atom is 0.172 e. The van der Waals surface area contributed by atoms with Crippen LogP contribution in [0.5, 0.6) is 0 Å². The van der Waals surface area contributed by atoms with Crippen LogP contribution < -0.4 is 0 Å². The Morgan fingerprint density at radius 1 is 0.812 bits per heavy atom. The van der Waals surface area contributed by atoms with Gasteiger partial charge in [0.05, 0.1) is 25.1 Å². The van der Waals surface area contributed by atoms with Crippen molar-refractivity contribution in [2.75, 3.05) is 13.7 Å². The predicted octanol–water partition coefficient (Wildman–Crippen LogP) is 5.63. The Balaban J connectivity index is 1.53. The van der Waals surface area contributed by atoms with Crippen molar-refractivity contribution in [1.29, 1.82) is 0 Å². The van der Waals surface area contributed by atoms with Crippen LogP contribution in [0.25, 0.3) is 0 Å². The minimum Gasteiger partial charge on any atom is -0.369 e. The van der Waals surface area contributed by atoms with Crippen LogP contribution in [0.15, 0.2) is 89.8 Å². The Labute approximate surface area is 194 Å². The fourth-order valence-corrected chi connectivity index (χ4v) is 5.03. The average molecular weight is 451 g/mol. The topological polar surface area (TPSA) is 36.9 Å². The molecule has 0 N–H and O–H groups in total. The molecule has 32 heavy (non-hydrogen) atoms. The molecule has 168 valence electrons. The van der Waals surface area contributed by atoms with Gasteiger partial charge in [-0.3, -0.25) is 0 Å². The number of benzene rings is 3. The molecular weight excluding hydrogens is 420 g/mol. The van der Waals surface area contributed by atoms with Gasteiger partial charge in [0.15, 0.2) is 6.29 Å². The second-order valence-corrected chi connectivity index (χ2v) is 9.18. The van der Waals surface area contributed by atoms with Gasteiger partial charge in [-0.1, -0.05) is 78.4 Å². The van der Waals surface area contributed by atoms with Gasteiger partial charge in [0.2, 0.25) is 0 Å². The van der Waals surface area contributed by atoms with Crippen LogP contribution in [0, 0.1) is 6.92 Å². The molecule has 0 saturated carbocycles. The molecule has 0 bridgehead atoms. The first kappa shape index (κ1) is 23.0. The summed E-state index contributed by atoms with van der Waals surface area (Å²) in [5.41, 5.74) is 3.50. The molecule has 0 spiro atoms. The van der Waals surface area contributed by atoms with Crippen molar-refractivity contribution in [3.8, 4) is 0 Å². The molecule has 3 aromatic rings.